The van der Waals surface area contributed by atoms with Crippen LogP contribution in [0.3, 0.4) is 0 Å². The average Bonchev–Trinajstić information content (AvgIpc) is 2.35. The van der Waals surface area contributed by atoms with E-state index in [0.29, 0.717) is 30.0 Å². The highest BCUT2D eigenvalue weighted by molar-refractivity contribution is 5.99. The summed E-state index contributed by atoms with van der Waals surface area (Å²) in [7, 11) is 3.16. The molecule has 1 aromatic carbocycles. The Morgan fingerprint density at radius 1 is 1.59 bits per heavy atom. The predicted molar refractivity (Wildman–Crippen MR) is 64.6 cm³/mol. The first-order valence-electron chi connectivity index (χ1n) is 5.16. The van der Waals surface area contributed by atoms with Crippen LogP contribution >= 0.6 is 0 Å². The molecule has 0 atom stereocenters. The molecule has 0 unspecified atom stereocenters. The van der Waals surface area contributed by atoms with Crippen molar-refractivity contribution >= 4 is 11.6 Å². The van der Waals surface area contributed by atoms with Crippen molar-refractivity contribution in [1.82, 2.24) is 4.90 Å². The van der Waals surface area contributed by atoms with E-state index < -0.39 is 0 Å². The van der Waals surface area contributed by atoms with Crippen LogP contribution in [0.25, 0.3) is 0 Å². The Morgan fingerprint density at radius 3 is 2.88 bits per heavy atom. The summed E-state index contributed by atoms with van der Waals surface area (Å²) in [5.41, 5.74) is 6.54. The summed E-state index contributed by atoms with van der Waals surface area (Å²) < 4.78 is 5.04. The summed E-state index contributed by atoms with van der Waals surface area (Å²) in [5.74, 6) is 0.368. The lowest BCUT2D eigenvalue weighted by atomic mass is 10.1. The molecule has 0 radical (unpaired) electrons. The van der Waals surface area contributed by atoms with Gasteiger partial charge in [0.25, 0.3) is 5.91 Å². The van der Waals surface area contributed by atoms with E-state index in [2.05, 4.69) is 0 Å². The molecule has 1 rings (SSSR count). The highest BCUT2D eigenvalue weighted by Crippen LogP contribution is 2.20. The molecule has 1 amide bonds. The van der Waals surface area contributed by atoms with Crippen LogP contribution in [0.4, 0.5) is 5.69 Å². The zero-order valence-electron chi connectivity index (χ0n) is 9.93. The third-order valence-electron chi connectivity index (χ3n) is 2.40. The number of ether oxygens (including phenoxy) is 1. The van der Waals surface area contributed by atoms with Gasteiger partial charge in [0.05, 0.1) is 25.2 Å². The van der Waals surface area contributed by atoms with E-state index >= 15 is 0 Å². The van der Waals surface area contributed by atoms with Crippen molar-refractivity contribution in [1.29, 1.82) is 5.26 Å². The van der Waals surface area contributed by atoms with Crippen molar-refractivity contribution in [3.05, 3.63) is 23.8 Å². The lowest BCUT2D eigenvalue weighted by molar-refractivity contribution is 0.0798. The number of rotatable bonds is 4. The molecule has 17 heavy (non-hydrogen) atoms. The molecule has 0 saturated carbocycles. The van der Waals surface area contributed by atoms with Gasteiger partial charge in [-0.15, -0.1) is 0 Å². The number of carbonyl (C=O) groups excluding carboxylic acids is 1. The molecule has 5 nitrogen and oxygen atoms in total. The van der Waals surface area contributed by atoms with Gasteiger partial charge in [0.2, 0.25) is 0 Å². The standard InChI is InChI=1S/C12H15N3O2/c1-15(7-3-6-13)12(16)10-8-9(17-2)4-5-11(10)14/h4-5,8H,3,7,14H2,1-2H3. The molecule has 2 N–H and O–H groups in total. The van der Waals surface area contributed by atoms with Crippen molar-refractivity contribution in [2.45, 2.75) is 6.42 Å². The Bertz CT molecular complexity index is 452. The van der Waals surface area contributed by atoms with Gasteiger partial charge in [-0.25, -0.2) is 0 Å². The smallest absolute Gasteiger partial charge is 0.255 e. The monoisotopic (exact) mass is 233 g/mol. The van der Waals surface area contributed by atoms with Crippen LogP contribution < -0.4 is 10.5 Å². The van der Waals surface area contributed by atoms with Crippen LogP contribution in [0.2, 0.25) is 0 Å². The van der Waals surface area contributed by atoms with Crippen LogP contribution in [-0.4, -0.2) is 31.5 Å². The number of amides is 1. The summed E-state index contributed by atoms with van der Waals surface area (Å²) >= 11 is 0. The number of carbonyl (C=O) groups is 1. The van der Waals surface area contributed by atoms with E-state index in [1.807, 2.05) is 6.07 Å². The van der Waals surface area contributed by atoms with Crippen molar-refractivity contribution in [2.24, 2.45) is 0 Å². The molecule has 5 heteroatoms. The number of anilines is 1. The van der Waals surface area contributed by atoms with Crippen LogP contribution in [0.5, 0.6) is 5.75 Å². The van der Waals surface area contributed by atoms with Gasteiger partial charge in [0.1, 0.15) is 5.75 Å². The molecule has 0 bridgehead atoms. The lowest BCUT2D eigenvalue weighted by Crippen LogP contribution is -2.28. The second-order valence-electron chi connectivity index (χ2n) is 3.59. The fourth-order valence-electron chi connectivity index (χ4n) is 1.37. The highest BCUT2D eigenvalue weighted by Gasteiger charge is 2.15. The van der Waals surface area contributed by atoms with E-state index in [9.17, 15) is 4.79 Å². The third kappa shape index (κ3) is 3.11. The Labute approximate surface area is 100 Å². The number of nitrogens with zero attached hydrogens (tertiary/aromatic N) is 2. The largest absolute Gasteiger partial charge is 0.497 e. The van der Waals surface area contributed by atoms with Gasteiger partial charge in [0.15, 0.2) is 0 Å². The van der Waals surface area contributed by atoms with Crippen LogP contribution in [0, 0.1) is 11.3 Å². The maximum absolute atomic E-state index is 12.0. The van der Waals surface area contributed by atoms with Crippen LogP contribution in [0.1, 0.15) is 16.8 Å². The maximum atomic E-state index is 12.0. The second-order valence-corrected chi connectivity index (χ2v) is 3.59. The Balaban J connectivity index is 2.91. The quantitative estimate of drug-likeness (QED) is 0.794. The van der Waals surface area contributed by atoms with E-state index in [-0.39, 0.29) is 5.91 Å². The Morgan fingerprint density at radius 2 is 2.29 bits per heavy atom. The van der Waals surface area contributed by atoms with Crippen LogP contribution in [0.15, 0.2) is 18.2 Å². The van der Waals surface area contributed by atoms with Gasteiger partial charge >= 0.3 is 0 Å². The first kappa shape index (κ1) is 12.8. The van der Waals surface area contributed by atoms with Gasteiger partial charge in [-0.1, -0.05) is 0 Å². The fraction of sp³-hybridized carbons (Fsp3) is 0.333. The first-order chi connectivity index (χ1) is 8.10. The molecule has 0 saturated heterocycles. The molecule has 0 spiro atoms. The normalized spacial score (nSPS) is 9.47. The molecule has 0 aliphatic carbocycles. The zero-order chi connectivity index (χ0) is 12.8. The minimum Gasteiger partial charge on any atom is -0.497 e. The molecule has 0 heterocycles. The molecule has 0 aliphatic heterocycles. The van der Waals surface area contributed by atoms with Gasteiger partial charge in [-0.3, -0.25) is 4.79 Å². The number of nitriles is 1. The number of hydrogen-bond acceptors (Lipinski definition) is 4. The molecule has 90 valence electrons. The number of nitrogen functional groups attached to an aromatic ring is 1. The van der Waals surface area contributed by atoms with Crippen molar-refractivity contribution < 1.29 is 9.53 Å². The van der Waals surface area contributed by atoms with Crippen molar-refractivity contribution in [3.8, 4) is 11.8 Å². The summed E-state index contributed by atoms with van der Waals surface area (Å²) in [4.78, 5) is 13.5. The third-order valence-corrected chi connectivity index (χ3v) is 2.40. The van der Waals surface area contributed by atoms with E-state index in [4.69, 9.17) is 15.7 Å². The minimum absolute atomic E-state index is 0.211. The Hall–Kier alpha value is -2.22. The number of nitrogens with two attached hydrogens (primary N) is 1. The highest BCUT2D eigenvalue weighted by atomic mass is 16.5. The number of hydrogen-bond donors (Lipinski definition) is 1. The summed E-state index contributed by atoms with van der Waals surface area (Å²) in [6, 6.07) is 6.92. The molecule has 1 aromatic rings. The van der Waals surface area contributed by atoms with E-state index in [1.165, 1.54) is 12.0 Å². The first-order valence-corrected chi connectivity index (χ1v) is 5.16. The fourth-order valence-corrected chi connectivity index (χ4v) is 1.37. The predicted octanol–water partition coefficient (Wildman–Crippen LogP) is 1.26. The second kappa shape index (κ2) is 5.75. The molecule has 0 aliphatic rings. The van der Waals surface area contributed by atoms with Gasteiger partial charge in [-0.2, -0.15) is 5.26 Å². The average molecular weight is 233 g/mol. The Kier molecular flexibility index (Phi) is 4.35. The zero-order valence-corrected chi connectivity index (χ0v) is 9.93. The van der Waals surface area contributed by atoms with Crippen molar-refractivity contribution in [3.63, 3.8) is 0 Å². The minimum atomic E-state index is -0.211. The molecule has 0 aromatic heterocycles. The number of methoxy groups -OCH3 is 1. The summed E-state index contributed by atoms with van der Waals surface area (Å²) in [5, 5.41) is 8.47. The van der Waals surface area contributed by atoms with Crippen molar-refractivity contribution in [2.75, 3.05) is 26.4 Å². The van der Waals surface area contributed by atoms with E-state index in [0.717, 1.165) is 0 Å². The number of benzene rings is 1. The maximum Gasteiger partial charge on any atom is 0.255 e. The topological polar surface area (TPSA) is 79.3 Å². The summed E-state index contributed by atoms with van der Waals surface area (Å²) in [6.07, 6.45) is 0.298. The van der Waals surface area contributed by atoms with Gasteiger partial charge in [-0.05, 0) is 18.2 Å². The molecular formula is C12H15N3O2. The molecular weight excluding hydrogens is 218 g/mol. The van der Waals surface area contributed by atoms with Gasteiger partial charge in [0, 0.05) is 19.3 Å². The SMILES string of the molecule is COc1ccc(N)c(C(=O)N(C)CCC#N)c1. The lowest BCUT2D eigenvalue weighted by Gasteiger charge is -2.17. The van der Waals surface area contributed by atoms with E-state index in [1.54, 1.807) is 25.2 Å². The van der Waals surface area contributed by atoms with Gasteiger partial charge < -0.3 is 15.4 Å². The summed E-state index contributed by atoms with van der Waals surface area (Å²) in [6.45, 7) is 0.381. The molecule has 0 fully saturated rings. The van der Waals surface area contributed by atoms with Crippen LogP contribution in [-0.2, 0) is 0 Å².